The lowest BCUT2D eigenvalue weighted by Crippen LogP contribution is -2.17. The number of methoxy groups -OCH3 is 2. The summed E-state index contributed by atoms with van der Waals surface area (Å²) in [6.45, 7) is 2.26. The van der Waals surface area contributed by atoms with Crippen LogP contribution in [-0.4, -0.2) is 32.9 Å². The summed E-state index contributed by atoms with van der Waals surface area (Å²) in [7, 11) is 2.99. The molecule has 9 heteroatoms. The number of halogens is 2. The minimum Gasteiger partial charge on any atom is -0.493 e. The third kappa shape index (κ3) is 6.17. The van der Waals surface area contributed by atoms with Gasteiger partial charge in [0.25, 0.3) is 5.91 Å². The number of carbonyl (C=O) groups excluding carboxylic acids is 1. The van der Waals surface area contributed by atoms with Gasteiger partial charge in [-0.3, -0.25) is 4.79 Å². The highest BCUT2D eigenvalue weighted by molar-refractivity contribution is 6.32. The van der Waals surface area contributed by atoms with Crippen molar-refractivity contribution in [2.24, 2.45) is 5.10 Å². The number of nitrogens with zero attached hydrogens (tertiary/aromatic N) is 1. The zero-order valence-corrected chi connectivity index (χ0v) is 19.7. The van der Waals surface area contributed by atoms with Crippen LogP contribution in [0.25, 0.3) is 0 Å². The van der Waals surface area contributed by atoms with E-state index in [1.54, 1.807) is 48.5 Å². The lowest BCUT2D eigenvalue weighted by atomic mass is 10.2. The third-order valence-corrected chi connectivity index (χ3v) is 4.97. The molecular weight excluding hydrogens is 463 g/mol. The Labute approximate surface area is 202 Å². The average Bonchev–Trinajstić information content (AvgIpc) is 2.84. The van der Waals surface area contributed by atoms with Crippen LogP contribution < -0.4 is 24.4 Å². The minimum atomic E-state index is -0.428. The molecule has 0 aliphatic carbocycles. The minimum absolute atomic E-state index is 0.0160. The Balaban J connectivity index is 1.70. The van der Waals surface area contributed by atoms with Gasteiger partial charge in [-0.15, -0.1) is 0 Å². The van der Waals surface area contributed by atoms with Crippen LogP contribution >= 0.6 is 11.6 Å². The summed E-state index contributed by atoms with van der Waals surface area (Å²) < 4.78 is 35.6. The van der Waals surface area contributed by atoms with E-state index in [1.807, 2.05) is 6.92 Å². The summed E-state index contributed by atoms with van der Waals surface area (Å²) in [5, 5.41) is 4.24. The molecule has 0 saturated heterocycles. The van der Waals surface area contributed by atoms with E-state index in [0.29, 0.717) is 40.5 Å². The predicted molar refractivity (Wildman–Crippen MR) is 128 cm³/mol. The maximum absolute atomic E-state index is 13.9. The van der Waals surface area contributed by atoms with Gasteiger partial charge in [-0.25, -0.2) is 9.82 Å². The molecule has 0 atom stereocenters. The number of nitrogens with one attached hydrogen (secondary N) is 1. The van der Waals surface area contributed by atoms with Gasteiger partial charge in [0.15, 0.2) is 23.0 Å². The first kappa shape index (κ1) is 24.9. The fraction of sp³-hybridized carbons (Fsp3) is 0.200. The molecule has 3 rings (SSSR count). The quantitative estimate of drug-likeness (QED) is 0.313. The highest BCUT2D eigenvalue weighted by atomic mass is 35.5. The van der Waals surface area contributed by atoms with Crippen LogP contribution in [0, 0.1) is 5.82 Å². The molecule has 3 aromatic carbocycles. The van der Waals surface area contributed by atoms with Gasteiger partial charge in [0.1, 0.15) is 12.4 Å². The summed E-state index contributed by atoms with van der Waals surface area (Å²) in [6, 6.07) is 14.4. The number of rotatable bonds is 10. The van der Waals surface area contributed by atoms with Crippen LogP contribution in [0.4, 0.5) is 4.39 Å². The lowest BCUT2D eigenvalue weighted by molar-refractivity contribution is 0.0954. The summed E-state index contributed by atoms with van der Waals surface area (Å²) in [6.07, 6.45) is 1.42. The molecule has 178 valence electrons. The summed E-state index contributed by atoms with van der Waals surface area (Å²) in [5.74, 6) is 0.804. The fourth-order valence-electron chi connectivity index (χ4n) is 3.04. The summed E-state index contributed by atoms with van der Waals surface area (Å²) in [4.78, 5) is 12.5. The number of hydrazone groups is 1. The molecule has 0 fully saturated rings. The van der Waals surface area contributed by atoms with E-state index in [1.165, 1.54) is 26.5 Å². The zero-order chi connectivity index (χ0) is 24.5. The molecule has 0 heterocycles. The lowest BCUT2D eigenvalue weighted by Gasteiger charge is -2.13. The molecule has 0 unspecified atom stereocenters. The second kappa shape index (κ2) is 11.9. The monoisotopic (exact) mass is 486 g/mol. The van der Waals surface area contributed by atoms with E-state index in [2.05, 4.69) is 10.5 Å². The van der Waals surface area contributed by atoms with Crippen LogP contribution in [0.3, 0.4) is 0 Å². The molecular formula is C25H24ClFN2O5. The first-order chi connectivity index (χ1) is 16.5. The highest BCUT2D eigenvalue weighted by Crippen LogP contribution is 2.36. The van der Waals surface area contributed by atoms with Crippen LogP contribution in [0.15, 0.2) is 59.7 Å². The standard InChI is InChI=1S/C25H24ClFN2O5/c1-4-33-22-13-17(9-10-21(22)31-2)25(30)29-28-14-16-11-19(26)24(23(12-16)32-3)34-15-18-7-5-6-8-20(18)27/h5-14H,4,15H2,1-3H3,(H,29,30)/b28-14+. The smallest absolute Gasteiger partial charge is 0.271 e. The molecule has 0 aromatic heterocycles. The Morgan fingerprint density at radius 1 is 1.03 bits per heavy atom. The van der Waals surface area contributed by atoms with Crippen molar-refractivity contribution in [3.63, 3.8) is 0 Å². The van der Waals surface area contributed by atoms with Crippen molar-refractivity contribution in [1.29, 1.82) is 0 Å². The Bertz CT molecular complexity index is 1190. The number of amides is 1. The van der Waals surface area contributed by atoms with Crippen molar-refractivity contribution in [2.75, 3.05) is 20.8 Å². The Kier molecular flexibility index (Phi) is 8.70. The van der Waals surface area contributed by atoms with Gasteiger partial charge in [-0.2, -0.15) is 5.10 Å². The molecule has 0 radical (unpaired) electrons. The van der Waals surface area contributed by atoms with Gasteiger partial charge in [0, 0.05) is 11.1 Å². The van der Waals surface area contributed by atoms with E-state index in [-0.39, 0.29) is 23.2 Å². The second-order valence-electron chi connectivity index (χ2n) is 6.91. The molecule has 0 saturated carbocycles. The van der Waals surface area contributed by atoms with Crippen LogP contribution in [0.1, 0.15) is 28.4 Å². The Morgan fingerprint density at radius 3 is 2.50 bits per heavy atom. The molecule has 34 heavy (non-hydrogen) atoms. The first-order valence-corrected chi connectivity index (χ1v) is 10.7. The topological polar surface area (TPSA) is 78.4 Å². The molecule has 0 aliphatic rings. The third-order valence-electron chi connectivity index (χ3n) is 4.69. The second-order valence-corrected chi connectivity index (χ2v) is 7.32. The molecule has 0 aliphatic heterocycles. The maximum Gasteiger partial charge on any atom is 0.271 e. The summed E-state index contributed by atoms with van der Waals surface area (Å²) >= 11 is 6.36. The van der Waals surface area contributed by atoms with Crippen LogP contribution in [0.2, 0.25) is 5.02 Å². The van der Waals surface area contributed by atoms with Gasteiger partial charge in [-0.1, -0.05) is 29.8 Å². The number of ether oxygens (including phenoxy) is 4. The van der Waals surface area contributed by atoms with Crippen molar-refractivity contribution >= 4 is 23.7 Å². The SMILES string of the molecule is CCOc1cc(C(=O)N/N=C/c2cc(Cl)c(OCc3ccccc3F)c(OC)c2)ccc1OC. The van der Waals surface area contributed by atoms with Gasteiger partial charge in [0.05, 0.1) is 32.1 Å². The van der Waals surface area contributed by atoms with Gasteiger partial charge >= 0.3 is 0 Å². The van der Waals surface area contributed by atoms with E-state index < -0.39 is 5.91 Å². The van der Waals surface area contributed by atoms with Crippen molar-refractivity contribution in [1.82, 2.24) is 5.43 Å². The molecule has 1 N–H and O–H groups in total. The normalized spacial score (nSPS) is 10.7. The van der Waals surface area contributed by atoms with Crippen LogP contribution in [-0.2, 0) is 6.61 Å². The zero-order valence-electron chi connectivity index (χ0n) is 18.9. The van der Waals surface area contributed by atoms with Crippen LogP contribution in [0.5, 0.6) is 23.0 Å². The molecule has 7 nitrogen and oxygen atoms in total. The Hall–Kier alpha value is -3.78. The molecule has 1 amide bonds. The van der Waals surface area contributed by atoms with Gasteiger partial charge < -0.3 is 18.9 Å². The first-order valence-electron chi connectivity index (χ1n) is 10.3. The van der Waals surface area contributed by atoms with Crippen molar-refractivity contribution in [2.45, 2.75) is 13.5 Å². The summed E-state index contributed by atoms with van der Waals surface area (Å²) in [5.41, 5.74) is 3.76. The van der Waals surface area contributed by atoms with Gasteiger partial charge in [-0.05, 0) is 48.9 Å². The van der Waals surface area contributed by atoms with E-state index in [0.717, 1.165) is 0 Å². The van der Waals surface area contributed by atoms with Gasteiger partial charge in [0.2, 0.25) is 0 Å². The van der Waals surface area contributed by atoms with E-state index in [4.69, 9.17) is 30.5 Å². The average molecular weight is 487 g/mol. The number of hydrogen-bond donors (Lipinski definition) is 1. The predicted octanol–water partition coefficient (Wildman–Crippen LogP) is 5.24. The van der Waals surface area contributed by atoms with Crippen molar-refractivity contribution in [3.05, 3.63) is 82.1 Å². The molecule has 0 bridgehead atoms. The Morgan fingerprint density at radius 2 is 1.79 bits per heavy atom. The largest absolute Gasteiger partial charge is 0.493 e. The van der Waals surface area contributed by atoms with Crippen molar-refractivity contribution < 1.29 is 28.1 Å². The highest BCUT2D eigenvalue weighted by Gasteiger charge is 2.14. The maximum atomic E-state index is 13.9. The fourth-order valence-corrected chi connectivity index (χ4v) is 3.31. The molecule has 3 aromatic rings. The van der Waals surface area contributed by atoms with E-state index >= 15 is 0 Å². The number of benzene rings is 3. The number of carbonyl (C=O) groups is 1. The molecule has 0 spiro atoms. The van der Waals surface area contributed by atoms with Crippen molar-refractivity contribution in [3.8, 4) is 23.0 Å². The van der Waals surface area contributed by atoms with E-state index in [9.17, 15) is 9.18 Å². The number of hydrogen-bond acceptors (Lipinski definition) is 6.